The zero-order chi connectivity index (χ0) is 25.2. The Hall–Kier alpha value is 0.170. The summed E-state index contributed by atoms with van der Waals surface area (Å²) in [5, 5.41) is 57.3. The minimum absolute atomic E-state index is 0.660. The van der Waals surface area contributed by atoms with Crippen LogP contribution in [0.5, 0.6) is 0 Å². The van der Waals surface area contributed by atoms with E-state index in [9.17, 15) is 39.6 Å². The number of carboxylic acids is 2. The lowest BCUT2D eigenvalue weighted by atomic mass is 10.0. The predicted octanol–water partition coefficient (Wildman–Crippen LogP) is -0.966. The van der Waals surface area contributed by atoms with Crippen molar-refractivity contribution in [2.45, 2.75) is 48.6 Å². The number of aliphatic hydroxyl groups is 4. The predicted molar refractivity (Wildman–Crippen MR) is 131 cm³/mol. The lowest BCUT2D eigenvalue weighted by Crippen LogP contribution is -2.50. The molecule has 0 saturated carbocycles. The van der Waals surface area contributed by atoms with Crippen molar-refractivity contribution in [2.24, 2.45) is 0 Å². The zero-order valence-corrected chi connectivity index (χ0v) is 22.3. The molecule has 0 rings (SSSR count). The van der Waals surface area contributed by atoms with Crippen LogP contribution in [0, 0.1) is 0 Å². The van der Waals surface area contributed by atoms with Gasteiger partial charge in [-0.1, -0.05) is 55.0 Å². The van der Waals surface area contributed by atoms with Crippen LogP contribution in [0.25, 0.3) is 0 Å². The smallest absolute Gasteiger partial charge is 0.311 e. The second-order valence-corrected chi connectivity index (χ2v) is 15.5. The minimum Gasteiger partial charge on any atom is -0.481 e. The number of esters is 2. The maximum Gasteiger partial charge on any atom is 0.311 e. The second-order valence-electron chi connectivity index (χ2n) is 6.21. The fourth-order valence-corrected chi connectivity index (χ4v) is 5.86. The molecule has 0 aliphatic heterocycles. The summed E-state index contributed by atoms with van der Waals surface area (Å²) in [7, 11) is 11.1. The molecule has 8 unspecified atom stereocenters. The molecule has 12 nitrogen and oxygen atoms in total. The van der Waals surface area contributed by atoms with Crippen molar-refractivity contribution in [3.05, 3.63) is 0 Å². The molecule has 0 aliphatic rings. The molecule has 0 amide bonds. The van der Waals surface area contributed by atoms with Gasteiger partial charge >= 0.3 is 23.9 Å². The third-order valence-electron chi connectivity index (χ3n) is 3.92. The van der Waals surface area contributed by atoms with E-state index in [1.54, 1.807) is 44.1 Å². The molecule has 18 heteroatoms. The lowest BCUT2D eigenvalue weighted by Gasteiger charge is -2.30. The summed E-state index contributed by atoms with van der Waals surface area (Å²) in [5.74, 6) is -4.94. The van der Waals surface area contributed by atoms with Crippen LogP contribution in [-0.4, -0.2) is 119 Å². The summed E-state index contributed by atoms with van der Waals surface area (Å²) in [6, 6.07) is 0. The number of aliphatic hydroxyl groups excluding tert-OH is 4. The second kappa shape index (κ2) is 16.0. The molecule has 0 spiro atoms. The van der Waals surface area contributed by atoms with Crippen molar-refractivity contribution in [3.8, 4) is 0 Å². The van der Waals surface area contributed by atoms with Crippen LogP contribution in [0.3, 0.4) is 0 Å². The molecular formula is C14H20B2I2O12P2. The van der Waals surface area contributed by atoms with Crippen molar-refractivity contribution >= 4 is 94.0 Å². The molecule has 178 valence electrons. The first-order valence-electron chi connectivity index (χ1n) is 8.58. The Morgan fingerprint density at radius 1 is 0.750 bits per heavy atom. The number of ether oxygens (including phenoxy) is 2. The van der Waals surface area contributed by atoms with E-state index in [0.717, 1.165) is 0 Å². The van der Waals surface area contributed by atoms with Crippen molar-refractivity contribution in [1.29, 1.82) is 0 Å². The van der Waals surface area contributed by atoms with E-state index >= 15 is 0 Å². The average Bonchev–Trinajstić information content (AvgIpc) is 2.70. The van der Waals surface area contributed by atoms with E-state index in [1.165, 1.54) is 0 Å². The van der Waals surface area contributed by atoms with Gasteiger partial charge in [-0.3, -0.25) is 19.2 Å². The van der Waals surface area contributed by atoms with E-state index < -0.39 is 96.6 Å². The van der Waals surface area contributed by atoms with Gasteiger partial charge in [0.25, 0.3) is 0 Å². The van der Waals surface area contributed by atoms with Gasteiger partial charge in [-0.2, -0.15) is 0 Å². The largest absolute Gasteiger partial charge is 0.481 e. The van der Waals surface area contributed by atoms with Crippen molar-refractivity contribution in [2.75, 3.05) is 13.2 Å². The lowest BCUT2D eigenvalue weighted by molar-refractivity contribution is -0.182. The van der Waals surface area contributed by atoms with Gasteiger partial charge in [0.1, 0.15) is 27.3 Å². The standard InChI is InChI=1S/C14H20B2I2O12P2/c15-31(17)7(13(25)26)1-9(21)29-5(3-19)11(23)12(24)6(4-20)30-10(22)2-8(14(27)28)32(16)18/h5-8,11-12,19-20,23-24H,1-4H2,(H,25,26)(H,27,28). The summed E-state index contributed by atoms with van der Waals surface area (Å²) < 4.78 is 9.63. The van der Waals surface area contributed by atoms with Gasteiger partial charge in [0.2, 0.25) is 0 Å². The van der Waals surface area contributed by atoms with Gasteiger partial charge < -0.3 is 40.1 Å². The maximum atomic E-state index is 12.0. The first-order valence-corrected chi connectivity index (χ1v) is 17.1. The van der Waals surface area contributed by atoms with Crippen LogP contribution in [0.15, 0.2) is 0 Å². The third-order valence-corrected chi connectivity index (χ3v) is 9.96. The van der Waals surface area contributed by atoms with Crippen molar-refractivity contribution < 1.29 is 59.3 Å². The number of aliphatic carboxylic acids is 2. The summed E-state index contributed by atoms with van der Waals surface area (Å²) in [6.07, 6.45) is -8.93. The number of carboxylic acid groups (broad SMARTS) is 2. The van der Waals surface area contributed by atoms with Crippen molar-refractivity contribution in [3.63, 3.8) is 0 Å². The van der Waals surface area contributed by atoms with Gasteiger partial charge in [-0.25, -0.2) is 0 Å². The highest BCUT2D eigenvalue weighted by Crippen LogP contribution is 2.47. The van der Waals surface area contributed by atoms with Gasteiger partial charge in [0.05, 0.1) is 37.4 Å². The molecule has 4 radical (unpaired) electrons. The first-order chi connectivity index (χ1) is 14.8. The highest BCUT2D eigenvalue weighted by molar-refractivity contribution is 14.2. The highest BCUT2D eigenvalue weighted by atomic mass is 127. The average molecular weight is 718 g/mol. The van der Waals surface area contributed by atoms with Crippen molar-refractivity contribution in [1.82, 2.24) is 0 Å². The third kappa shape index (κ3) is 11.1. The Bertz CT molecular complexity index is 605. The fraction of sp³-hybridized carbons (Fsp3) is 0.714. The summed E-state index contributed by atoms with van der Waals surface area (Å²) in [5.41, 5.74) is -5.66. The summed E-state index contributed by atoms with van der Waals surface area (Å²) >= 11 is 3.31. The van der Waals surface area contributed by atoms with Gasteiger partial charge in [0, 0.05) is 0 Å². The van der Waals surface area contributed by atoms with E-state index in [0.29, 0.717) is 0 Å². The van der Waals surface area contributed by atoms with Crippen LogP contribution >= 0.6 is 55.0 Å². The molecule has 0 heterocycles. The van der Waals surface area contributed by atoms with E-state index in [4.69, 9.17) is 34.8 Å². The topological polar surface area (TPSA) is 208 Å². The van der Waals surface area contributed by atoms with Gasteiger partial charge in [0.15, 0.2) is 12.2 Å². The number of rotatable bonds is 15. The number of hydrogen-bond acceptors (Lipinski definition) is 10. The Labute approximate surface area is 214 Å². The van der Waals surface area contributed by atoms with E-state index in [1.807, 2.05) is 0 Å². The number of carbonyl (C=O) groups excluding carboxylic acids is 2. The molecule has 0 aromatic rings. The SMILES string of the molecule is [B]P(I)C(CC(=O)OC(CO)C(O)C(O)C(CO)OC(=O)CC(C(=O)O)P([B])I)C(=O)O. The Morgan fingerprint density at radius 3 is 1.22 bits per heavy atom. The number of halogens is 2. The number of hydrogen-bond donors (Lipinski definition) is 6. The molecule has 0 saturated heterocycles. The van der Waals surface area contributed by atoms with Crippen LogP contribution in [-0.2, 0) is 28.7 Å². The Kier molecular flexibility index (Phi) is 16.0. The zero-order valence-electron chi connectivity index (χ0n) is 16.2. The molecule has 0 bridgehead atoms. The Balaban J connectivity index is 5.14. The minimum atomic E-state index is -2.05. The number of carbonyl (C=O) groups is 4. The molecule has 0 fully saturated rings. The highest BCUT2D eigenvalue weighted by Gasteiger charge is 2.37. The van der Waals surface area contributed by atoms with E-state index in [-0.39, 0.29) is 0 Å². The van der Waals surface area contributed by atoms with Crippen LogP contribution in [0.2, 0.25) is 0 Å². The van der Waals surface area contributed by atoms with Crippen LogP contribution in [0.1, 0.15) is 12.8 Å². The van der Waals surface area contributed by atoms with E-state index in [2.05, 4.69) is 0 Å². The summed E-state index contributed by atoms with van der Waals surface area (Å²) in [6.45, 7) is -1.99. The molecule has 6 N–H and O–H groups in total. The molecule has 0 aliphatic carbocycles. The quantitative estimate of drug-likeness (QED) is 0.0524. The monoisotopic (exact) mass is 718 g/mol. The molecule has 0 aromatic carbocycles. The fourth-order valence-electron chi connectivity index (χ4n) is 2.18. The van der Waals surface area contributed by atoms with Crippen LogP contribution in [0.4, 0.5) is 0 Å². The van der Waals surface area contributed by atoms with Gasteiger partial charge in [-0.05, 0) is 0 Å². The van der Waals surface area contributed by atoms with Gasteiger partial charge in [-0.15, -0.1) is 0 Å². The maximum absolute atomic E-state index is 12.0. The van der Waals surface area contributed by atoms with Crippen LogP contribution < -0.4 is 0 Å². The molecule has 0 aromatic heterocycles. The molecule has 32 heavy (non-hydrogen) atoms. The first kappa shape index (κ1) is 32.2. The molecule has 8 atom stereocenters. The summed E-state index contributed by atoms with van der Waals surface area (Å²) in [4.78, 5) is 46.2. The normalized spacial score (nSPS) is 18.8. The Morgan fingerprint density at radius 2 is 1.03 bits per heavy atom. The molecular weight excluding hydrogens is 698 g/mol.